The molecule has 0 fully saturated rings. The first kappa shape index (κ1) is 14.4. The molecule has 2 heteroatoms. The molecule has 2 aromatic carbocycles. The summed E-state index contributed by atoms with van der Waals surface area (Å²) in [6.45, 7) is 1.41. The Bertz CT molecular complexity index is 520. The van der Waals surface area contributed by atoms with E-state index in [9.17, 15) is 0 Å². The van der Waals surface area contributed by atoms with E-state index in [2.05, 4.69) is 30.3 Å². The Morgan fingerprint density at radius 2 is 1.55 bits per heavy atom. The molecular formula is C18H21NO. The first-order valence-electron chi connectivity index (χ1n) is 7.05. The van der Waals surface area contributed by atoms with E-state index < -0.39 is 0 Å². The van der Waals surface area contributed by atoms with Crippen LogP contribution in [0.25, 0.3) is 11.8 Å². The molecular weight excluding hydrogens is 246 g/mol. The summed E-state index contributed by atoms with van der Waals surface area (Å²) in [6.07, 6.45) is 4.06. The maximum atomic E-state index is 5.94. The highest BCUT2D eigenvalue weighted by atomic mass is 16.5. The average Bonchev–Trinajstić information content (AvgIpc) is 2.52. The van der Waals surface area contributed by atoms with E-state index >= 15 is 0 Å². The molecule has 0 aromatic heterocycles. The maximum absolute atomic E-state index is 5.94. The zero-order valence-electron chi connectivity index (χ0n) is 11.7. The highest BCUT2D eigenvalue weighted by Gasteiger charge is 2.02. The van der Waals surface area contributed by atoms with Crippen LogP contribution in [0.3, 0.4) is 0 Å². The van der Waals surface area contributed by atoms with Gasteiger partial charge in [0.05, 0.1) is 6.61 Å². The fraction of sp³-hybridized carbons (Fsp3) is 0.222. The lowest BCUT2D eigenvalue weighted by Gasteiger charge is -2.11. The third-order valence-electron chi connectivity index (χ3n) is 3.01. The standard InChI is InChI=1S/C18H21NO/c19-13-7-8-14-20-18(17-11-5-2-6-12-17)15-16-9-3-1-4-10-16/h1-6,9-12,15H,7-8,13-14,19H2. The van der Waals surface area contributed by atoms with Gasteiger partial charge in [0.15, 0.2) is 0 Å². The van der Waals surface area contributed by atoms with Gasteiger partial charge in [-0.3, -0.25) is 0 Å². The van der Waals surface area contributed by atoms with Crippen LogP contribution in [0.5, 0.6) is 0 Å². The molecule has 2 N–H and O–H groups in total. The van der Waals surface area contributed by atoms with Crippen LogP contribution in [0.1, 0.15) is 24.0 Å². The lowest BCUT2D eigenvalue weighted by atomic mass is 10.1. The minimum Gasteiger partial charge on any atom is -0.493 e. The largest absolute Gasteiger partial charge is 0.493 e. The van der Waals surface area contributed by atoms with Gasteiger partial charge in [-0.25, -0.2) is 0 Å². The molecule has 0 saturated heterocycles. The SMILES string of the molecule is NCCCCOC(=Cc1ccccc1)c1ccccc1. The molecule has 20 heavy (non-hydrogen) atoms. The molecule has 0 aliphatic rings. The minimum absolute atomic E-state index is 0.699. The molecule has 0 saturated carbocycles. The fourth-order valence-electron chi connectivity index (χ4n) is 1.94. The second-order valence-electron chi connectivity index (χ2n) is 4.63. The van der Waals surface area contributed by atoms with Crippen LogP contribution in [0.2, 0.25) is 0 Å². The number of hydrogen-bond acceptors (Lipinski definition) is 2. The number of hydrogen-bond donors (Lipinski definition) is 1. The van der Waals surface area contributed by atoms with E-state index in [0.717, 1.165) is 29.7 Å². The summed E-state index contributed by atoms with van der Waals surface area (Å²) in [4.78, 5) is 0. The van der Waals surface area contributed by atoms with Gasteiger partial charge in [0.1, 0.15) is 5.76 Å². The van der Waals surface area contributed by atoms with Crippen molar-refractivity contribution in [3.8, 4) is 0 Å². The summed E-state index contributed by atoms with van der Waals surface area (Å²) in [5, 5.41) is 0. The molecule has 0 aliphatic carbocycles. The van der Waals surface area contributed by atoms with E-state index in [1.165, 1.54) is 0 Å². The van der Waals surface area contributed by atoms with Crippen molar-refractivity contribution in [1.29, 1.82) is 0 Å². The van der Waals surface area contributed by atoms with Gasteiger partial charge in [-0.2, -0.15) is 0 Å². The molecule has 2 aromatic rings. The Hall–Kier alpha value is -2.06. The van der Waals surface area contributed by atoms with Crippen molar-refractivity contribution < 1.29 is 4.74 Å². The molecule has 0 radical (unpaired) electrons. The first-order chi connectivity index (χ1) is 9.90. The molecule has 0 spiro atoms. The molecule has 2 nitrogen and oxygen atoms in total. The van der Waals surface area contributed by atoms with E-state index in [0.29, 0.717) is 13.2 Å². The van der Waals surface area contributed by atoms with Crippen LogP contribution in [-0.2, 0) is 4.74 Å². The lowest BCUT2D eigenvalue weighted by Crippen LogP contribution is -2.01. The molecule has 0 atom stereocenters. The van der Waals surface area contributed by atoms with Crippen molar-refractivity contribution in [2.75, 3.05) is 13.2 Å². The summed E-state index contributed by atoms with van der Waals surface area (Å²) in [6, 6.07) is 20.4. The Kier molecular flexibility index (Phi) is 5.87. The third-order valence-corrected chi connectivity index (χ3v) is 3.01. The summed E-state index contributed by atoms with van der Waals surface area (Å²) >= 11 is 0. The van der Waals surface area contributed by atoms with E-state index in [-0.39, 0.29) is 0 Å². The molecule has 0 unspecified atom stereocenters. The van der Waals surface area contributed by atoms with E-state index in [1.54, 1.807) is 0 Å². The predicted octanol–water partition coefficient (Wildman–Crippen LogP) is 3.94. The molecule has 0 heterocycles. The smallest absolute Gasteiger partial charge is 0.127 e. The monoisotopic (exact) mass is 267 g/mol. The number of rotatable bonds is 7. The van der Waals surface area contributed by atoms with Crippen molar-refractivity contribution in [2.45, 2.75) is 12.8 Å². The highest BCUT2D eigenvalue weighted by molar-refractivity contribution is 5.77. The van der Waals surface area contributed by atoms with Crippen LogP contribution in [0.15, 0.2) is 60.7 Å². The Morgan fingerprint density at radius 3 is 2.20 bits per heavy atom. The van der Waals surface area contributed by atoms with Gasteiger partial charge in [-0.15, -0.1) is 0 Å². The Balaban J connectivity index is 2.14. The lowest BCUT2D eigenvalue weighted by molar-refractivity contribution is 0.271. The van der Waals surface area contributed by atoms with Crippen LogP contribution < -0.4 is 5.73 Å². The topological polar surface area (TPSA) is 35.2 Å². The van der Waals surface area contributed by atoms with E-state index in [4.69, 9.17) is 10.5 Å². The predicted molar refractivity (Wildman–Crippen MR) is 85.0 cm³/mol. The van der Waals surface area contributed by atoms with Gasteiger partial charge in [-0.05, 0) is 31.0 Å². The summed E-state index contributed by atoms with van der Waals surface area (Å²) < 4.78 is 5.94. The molecule has 0 aliphatic heterocycles. The summed E-state index contributed by atoms with van der Waals surface area (Å²) in [7, 11) is 0. The average molecular weight is 267 g/mol. The van der Waals surface area contributed by atoms with Crippen molar-refractivity contribution in [3.63, 3.8) is 0 Å². The zero-order chi connectivity index (χ0) is 14.0. The number of unbranched alkanes of at least 4 members (excludes halogenated alkanes) is 1. The van der Waals surface area contributed by atoms with E-state index in [1.807, 2.05) is 36.4 Å². The normalized spacial score (nSPS) is 11.3. The molecule has 104 valence electrons. The van der Waals surface area contributed by atoms with Gasteiger partial charge in [-0.1, -0.05) is 60.7 Å². The summed E-state index contributed by atoms with van der Waals surface area (Å²) in [5.74, 6) is 0.911. The Morgan fingerprint density at radius 1 is 0.900 bits per heavy atom. The van der Waals surface area contributed by atoms with Crippen molar-refractivity contribution in [3.05, 3.63) is 71.8 Å². The van der Waals surface area contributed by atoms with Gasteiger partial charge in [0.25, 0.3) is 0 Å². The van der Waals surface area contributed by atoms with Gasteiger partial charge < -0.3 is 10.5 Å². The van der Waals surface area contributed by atoms with Crippen LogP contribution in [0.4, 0.5) is 0 Å². The Labute approximate surface area is 120 Å². The highest BCUT2D eigenvalue weighted by Crippen LogP contribution is 2.19. The zero-order valence-corrected chi connectivity index (χ0v) is 11.7. The third kappa shape index (κ3) is 4.56. The minimum atomic E-state index is 0.699. The van der Waals surface area contributed by atoms with Crippen molar-refractivity contribution in [1.82, 2.24) is 0 Å². The quantitative estimate of drug-likeness (QED) is 0.468. The first-order valence-corrected chi connectivity index (χ1v) is 7.05. The molecule has 0 amide bonds. The summed E-state index contributed by atoms with van der Waals surface area (Å²) in [5.41, 5.74) is 7.75. The number of nitrogens with two attached hydrogens (primary N) is 1. The number of benzene rings is 2. The number of ether oxygens (including phenoxy) is 1. The van der Waals surface area contributed by atoms with Crippen LogP contribution >= 0.6 is 0 Å². The molecule has 2 rings (SSSR count). The van der Waals surface area contributed by atoms with Crippen molar-refractivity contribution in [2.24, 2.45) is 5.73 Å². The van der Waals surface area contributed by atoms with Gasteiger partial charge in [0.2, 0.25) is 0 Å². The van der Waals surface area contributed by atoms with Gasteiger partial charge >= 0.3 is 0 Å². The maximum Gasteiger partial charge on any atom is 0.127 e. The van der Waals surface area contributed by atoms with Crippen molar-refractivity contribution >= 4 is 11.8 Å². The van der Waals surface area contributed by atoms with Gasteiger partial charge in [0, 0.05) is 5.56 Å². The fourth-order valence-corrected chi connectivity index (χ4v) is 1.94. The second kappa shape index (κ2) is 8.18. The molecule has 0 bridgehead atoms. The van der Waals surface area contributed by atoms with Crippen LogP contribution in [-0.4, -0.2) is 13.2 Å². The second-order valence-corrected chi connectivity index (χ2v) is 4.63. The van der Waals surface area contributed by atoms with Crippen LogP contribution in [0, 0.1) is 0 Å².